The number of hydrogen-bond donors (Lipinski definition) is 0. The number of nitrogens with zero attached hydrogens (tertiary/aromatic N) is 4. The van der Waals surface area contributed by atoms with Crippen LogP contribution in [0.25, 0.3) is 22.5 Å². The molecule has 0 N–H and O–H groups in total. The lowest BCUT2D eigenvalue weighted by Crippen LogP contribution is -2.29. The van der Waals surface area contributed by atoms with Gasteiger partial charge in [-0.25, -0.2) is 4.68 Å². The van der Waals surface area contributed by atoms with E-state index in [1.165, 1.54) is 0 Å². The second-order valence-corrected chi connectivity index (χ2v) is 5.69. The number of para-hydroxylation sites is 1. The first-order chi connectivity index (χ1) is 14.2. The lowest BCUT2D eigenvalue weighted by Gasteiger charge is -2.27. The highest BCUT2D eigenvalue weighted by atomic mass is 16.2. The third-order valence-electron chi connectivity index (χ3n) is 4.26. The van der Waals surface area contributed by atoms with Crippen LogP contribution in [0.2, 0.25) is 0 Å². The Morgan fingerprint density at radius 1 is 0.862 bits per heavy atom. The predicted octanol–water partition coefficient (Wildman–Crippen LogP) is 6.09. The molecule has 0 aliphatic carbocycles. The minimum absolute atomic E-state index is 0.0135. The van der Waals surface area contributed by atoms with E-state index in [1.807, 2.05) is 85.0 Å². The van der Waals surface area contributed by atoms with Gasteiger partial charge < -0.3 is 4.90 Å². The number of aromatic nitrogens is 3. The van der Waals surface area contributed by atoms with Crippen molar-refractivity contribution in [1.29, 1.82) is 0 Å². The van der Waals surface area contributed by atoms with Crippen molar-refractivity contribution in [2.24, 2.45) is 7.05 Å². The fourth-order valence-electron chi connectivity index (χ4n) is 3.18. The van der Waals surface area contributed by atoms with Crippen LogP contribution in [0, 0.1) is 0 Å². The van der Waals surface area contributed by atoms with Gasteiger partial charge in [-0.1, -0.05) is 89.2 Å². The number of benzene rings is 2. The molecule has 2 heterocycles. The molecule has 4 rings (SSSR count). The van der Waals surface area contributed by atoms with Gasteiger partial charge in [-0.3, -0.25) is 4.79 Å². The van der Waals surface area contributed by atoms with Crippen LogP contribution in [-0.4, -0.2) is 20.9 Å². The molecule has 0 bridgehead atoms. The molecule has 0 unspecified atom stereocenters. The zero-order valence-electron chi connectivity index (χ0n) is 19.0. The molecule has 2 aromatic carbocycles. The van der Waals surface area contributed by atoms with Crippen molar-refractivity contribution in [3.05, 3.63) is 54.1 Å². The first-order valence-corrected chi connectivity index (χ1v) is 10.5. The van der Waals surface area contributed by atoms with Gasteiger partial charge in [0.1, 0.15) is 5.69 Å². The maximum atomic E-state index is 12.2. The van der Waals surface area contributed by atoms with E-state index < -0.39 is 0 Å². The second kappa shape index (κ2) is 11.8. The van der Waals surface area contributed by atoms with Crippen molar-refractivity contribution in [1.82, 2.24) is 15.0 Å². The number of carbonyl (C=O) groups is 1. The van der Waals surface area contributed by atoms with E-state index in [0.29, 0.717) is 6.54 Å². The molecular formula is C24H34N4O. The van der Waals surface area contributed by atoms with Gasteiger partial charge in [0.05, 0.1) is 17.9 Å². The molecule has 29 heavy (non-hydrogen) atoms. The zero-order chi connectivity index (χ0) is 22.0. The summed E-state index contributed by atoms with van der Waals surface area (Å²) in [6, 6.07) is 16.0. The van der Waals surface area contributed by atoms with E-state index in [0.717, 1.165) is 33.8 Å². The highest BCUT2D eigenvalue weighted by Crippen LogP contribution is 2.40. The topological polar surface area (TPSA) is 51.0 Å². The van der Waals surface area contributed by atoms with Gasteiger partial charge in [0.15, 0.2) is 0 Å². The van der Waals surface area contributed by atoms with Gasteiger partial charge in [-0.05, 0) is 11.6 Å². The Labute approximate surface area is 175 Å². The molecule has 0 spiro atoms. The standard InChI is InChI=1S/C18H16N4O.3C2H6/c1-12(23)22-11-13-7-3-4-8-14(13)18-17(19-20-21(18)2)15-9-5-6-10-16(15)22;3*1-2/h3-10H,11H2,1-2H3;3*1-2H3. The molecule has 5 heteroatoms. The van der Waals surface area contributed by atoms with Gasteiger partial charge >= 0.3 is 0 Å². The number of anilines is 1. The number of fused-ring (bicyclic) bond motifs is 5. The van der Waals surface area contributed by atoms with Gasteiger partial charge in [0.2, 0.25) is 5.91 Å². The van der Waals surface area contributed by atoms with E-state index in [9.17, 15) is 4.79 Å². The Morgan fingerprint density at radius 2 is 1.41 bits per heavy atom. The normalized spacial score (nSPS) is 10.7. The molecule has 3 aromatic rings. The summed E-state index contributed by atoms with van der Waals surface area (Å²) in [6.07, 6.45) is 0. The quantitative estimate of drug-likeness (QED) is 0.463. The van der Waals surface area contributed by atoms with Gasteiger partial charge in [-0.15, -0.1) is 5.10 Å². The summed E-state index contributed by atoms with van der Waals surface area (Å²) in [4.78, 5) is 14.0. The van der Waals surface area contributed by atoms with E-state index in [-0.39, 0.29) is 5.91 Å². The Balaban J connectivity index is 0.000000644. The molecule has 0 saturated carbocycles. The second-order valence-electron chi connectivity index (χ2n) is 5.69. The molecule has 1 aromatic heterocycles. The molecule has 0 radical (unpaired) electrons. The van der Waals surface area contributed by atoms with Crippen molar-refractivity contribution in [2.45, 2.75) is 55.0 Å². The minimum Gasteiger partial charge on any atom is -0.308 e. The molecule has 0 saturated heterocycles. The summed E-state index contributed by atoms with van der Waals surface area (Å²) in [5.41, 5.74) is 5.74. The summed E-state index contributed by atoms with van der Waals surface area (Å²) in [5.74, 6) is 0.0135. The smallest absolute Gasteiger partial charge is 0.224 e. The molecule has 1 aliphatic rings. The van der Waals surface area contributed by atoms with E-state index in [4.69, 9.17) is 0 Å². The Morgan fingerprint density at radius 3 is 2.03 bits per heavy atom. The van der Waals surface area contributed by atoms with Crippen LogP contribution in [0.15, 0.2) is 48.5 Å². The summed E-state index contributed by atoms with van der Waals surface area (Å²) in [6.45, 7) is 14.1. The third-order valence-corrected chi connectivity index (χ3v) is 4.26. The highest BCUT2D eigenvalue weighted by Gasteiger charge is 2.26. The lowest BCUT2D eigenvalue weighted by atomic mass is 9.95. The van der Waals surface area contributed by atoms with Crippen molar-refractivity contribution < 1.29 is 4.79 Å². The van der Waals surface area contributed by atoms with Crippen molar-refractivity contribution in [2.75, 3.05) is 4.90 Å². The van der Waals surface area contributed by atoms with Gasteiger partial charge in [0.25, 0.3) is 0 Å². The average Bonchev–Trinajstić information content (AvgIpc) is 3.16. The Kier molecular flexibility index (Phi) is 9.80. The number of rotatable bonds is 0. The van der Waals surface area contributed by atoms with Crippen molar-refractivity contribution in [3.8, 4) is 22.5 Å². The Bertz CT molecular complexity index is 915. The maximum Gasteiger partial charge on any atom is 0.224 e. The summed E-state index contributed by atoms with van der Waals surface area (Å²) < 4.78 is 1.80. The van der Waals surface area contributed by atoms with Crippen molar-refractivity contribution >= 4 is 11.6 Å². The zero-order valence-corrected chi connectivity index (χ0v) is 19.0. The molecular weight excluding hydrogens is 360 g/mol. The monoisotopic (exact) mass is 394 g/mol. The fourth-order valence-corrected chi connectivity index (χ4v) is 3.18. The molecule has 5 nitrogen and oxygen atoms in total. The van der Waals surface area contributed by atoms with E-state index >= 15 is 0 Å². The third kappa shape index (κ3) is 4.91. The SMILES string of the molecule is CC.CC.CC.CC(=O)N1Cc2ccccc2-c2c(nnn2C)-c2ccccc21. The molecule has 1 aliphatic heterocycles. The van der Waals surface area contributed by atoms with Gasteiger partial charge in [0, 0.05) is 25.1 Å². The molecule has 156 valence electrons. The highest BCUT2D eigenvalue weighted by molar-refractivity contribution is 5.99. The lowest BCUT2D eigenvalue weighted by molar-refractivity contribution is -0.116. The van der Waals surface area contributed by atoms with Crippen LogP contribution >= 0.6 is 0 Å². The van der Waals surface area contributed by atoms with E-state index in [2.05, 4.69) is 22.4 Å². The van der Waals surface area contributed by atoms with Crippen LogP contribution in [-0.2, 0) is 18.4 Å². The largest absolute Gasteiger partial charge is 0.308 e. The number of amides is 1. The molecule has 1 amide bonds. The number of aryl methyl sites for hydroxylation is 1. The summed E-state index contributed by atoms with van der Waals surface area (Å²) in [5, 5.41) is 8.58. The predicted molar refractivity (Wildman–Crippen MR) is 123 cm³/mol. The van der Waals surface area contributed by atoms with Crippen molar-refractivity contribution in [3.63, 3.8) is 0 Å². The van der Waals surface area contributed by atoms with Crippen LogP contribution in [0.3, 0.4) is 0 Å². The number of hydrogen-bond acceptors (Lipinski definition) is 3. The summed E-state index contributed by atoms with van der Waals surface area (Å²) >= 11 is 0. The first kappa shape index (κ1) is 24.1. The van der Waals surface area contributed by atoms with Crippen LogP contribution in [0.4, 0.5) is 5.69 Å². The van der Waals surface area contributed by atoms with Crippen LogP contribution in [0.5, 0.6) is 0 Å². The van der Waals surface area contributed by atoms with Gasteiger partial charge in [-0.2, -0.15) is 0 Å². The van der Waals surface area contributed by atoms with E-state index in [1.54, 1.807) is 16.5 Å². The maximum absolute atomic E-state index is 12.2. The minimum atomic E-state index is 0.0135. The molecule has 0 fully saturated rings. The number of carbonyl (C=O) groups excluding carboxylic acids is 1. The van der Waals surface area contributed by atoms with Crippen LogP contribution < -0.4 is 4.90 Å². The molecule has 0 atom stereocenters. The Hall–Kier alpha value is -2.95. The fraction of sp³-hybridized carbons (Fsp3) is 0.375. The van der Waals surface area contributed by atoms with Crippen LogP contribution in [0.1, 0.15) is 54.0 Å². The first-order valence-electron chi connectivity index (χ1n) is 10.5. The summed E-state index contributed by atoms with van der Waals surface area (Å²) in [7, 11) is 1.90. The average molecular weight is 395 g/mol.